The maximum Gasteiger partial charge on any atom is 0.118 e. The van der Waals surface area contributed by atoms with Crippen molar-refractivity contribution in [2.24, 2.45) is 0 Å². The van der Waals surface area contributed by atoms with Crippen molar-refractivity contribution >= 4 is 0 Å². The van der Waals surface area contributed by atoms with Gasteiger partial charge in [-0.3, -0.25) is 0 Å². The second-order valence-electron chi connectivity index (χ2n) is 3.20. The first-order valence-corrected chi connectivity index (χ1v) is 4.48. The van der Waals surface area contributed by atoms with Gasteiger partial charge in [-0.1, -0.05) is 12.1 Å². The number of ether oxygens (including phenoxy) is 1. The molecule has 0 aliphatic carbocycles. The SMILES string of the molecule is COc1ccc(-c2cocc2C)cc1. The molecule has 72 valence electrons. The largest absolute Gasteiger partial charge is 0.497 e. The Morgan fingerprint density at radius 1 is 1.07 bits per heavy atom. The lowest BCUT2D eigenvalue weighted by Crippen LogP contribution is -1.82. The highest BCUT2D eigenvalue weighted by atomic mass is 16.5. The molecule has 0 saturated carbocycles. The number of aryl methyl sites for hydroxylation is 1. The van der Waals surface area contributed by atoms with Crippen LogP contribution in [-0.2, 0) is 0 Å². The topological polar surface area (TPSA) is 22.4 Å². The summed E-state index contributed by atoms with van der Waals surface area (Å²) >= 11 is 0. The summed E-state index contributed by atoms with van der Waals surface area (Å²) < 4.78 is 10.2. The minimum atomic E-state index is 0.870. The van der Waals surface area contributed by atoms with Gasteiger partial charge >= 0.3 is 0 Å². The van der Waals surface area contributed by atoms with Crippen molar-refractivity contribution in [3.8, 4) is 16.9 Å². The molecule has 0 spiro atoms. The molecule has 2 rings (SSSR count). The van der Waals surface area contributed by atoms with Gasteiger partial charge in [0.15, 0.2) is 0 Å². The fraction of sp³-hybridized carbons (Fsp3) is 0.167. The molecule has 0 atom stereocenters. The van der Waals surface area contributed by atoms with Gasteiger partial charge in [-0.25, -0.2) is 0 Å². The second kappa shape index (κ2) is 3.58. The van der Waals surface area contributed by atoms with Gasteiger partial charge in [-0.2, -0.15) is 0 Å². The first kappa shape index (κ1) is 8.88. The number of rotatable bonds is 2. The van der Waals surface area contributed by atoms with E-state index in [2.05, 4.69) is 0 Å². The summed E-state index contributed by atoms with van der Waals surface area (Å²) in [5.41, 5.74) is 3.43. The van der Waals surface area contributed by atoms with E-state index in [1.807, 2.05) is 31.2 Å². The number of furan rings is 1. The molecule has 0 N–H and O–H groups in total. The molecule has 1 aromatic carbocycles. The van der Waals surface area contributed by atoms with Crippen molar-refractivity contribution in [3.63, 3.8) is 0 Å². The van der Waals surface area contributed by atoms with Gasteiger partial charge in [0.05, 0.1) is 19.6 Å². The maximum absolute atomic E-state index is 5.13. The molecule has 0 aliphatic rings. The molecular formula is C12H12O2. The first-order valence-electron chi connectivity index (χ1n) is 4.48. The van der Waals surface area contributed by atoms with Crippen LogP contribution in [0.2, 0.25) is 0 Å². The Bertz CT molecular complexity index is 412. The highest BCUT2D eigenvalue weighted by Gasteiger charge is 2.03. The van der Waals surface area contributed by atoms with E-state index in [0.29, 0.717) is 0 Å². The van der Waals surface area contributed by atoms with Gasteiger partial charge in [0.25, 0.3) is 0 Å². The Morgan fingerprint density at radius 2 is 1.79 bits per heavy atom. The summed E-state index contributed by atoms with van der Waals surface area (Å²) in [5.74, 6) is 0.870. The fourth-order valence-corrected chi connectivity index (χ4v) is 1.43. The maximum atomic E-state index is 5.13. The highest BCUT2D eigenvalue weighted by Crippen LogP contribution is 2.25. The lowest BCUT2D eigenvalue weighted by Gasteiger charge is -2.01. The monoisotopic (exact) mass is 188 g/mol. The van der Waals surface area contributed by atoms with Crippen LogP contribution in [0.3, 0.4) is 0 Å². The van der Waals surface area contributed by atoms with Crippen molar-refractivity contribution < 1.29 is 9.15 Å². The van der Waals surface area contributed by atoms with Crippen LogP contribution in [0, 0.1) is 6.92 Å². The quantitative estimate of drug-likeness (QED) is 0.721. The number of hydrogen-bond acceptors (Lipinski definition) is 2. The Balaban J connectivity index is 2.39. The van der Waals surface area contributed by atoms with Gasteiger partial charge in [-0.05, 0) is 30.2 Å². The van der Waals surface area contributed by atoms with Gasteiger partial charge in [0.1, 0.15) is 5.75 Å². The number of benzene rings is 1. The number of methoxy groups -OCH3 is 1. The smallest absolute Gasteiger partial charge is 0.118 e. The summed E-state index contributed by atoms with van der Waals surface area (Å²) in [5, 5.41) is 0. The summed E-state index contributed by atoms with van der Waals surface area (Å²) in [6.07, 6.45) is 3.51. The van der Waals surface area contributed by atoms with E-state index < -0.39 is 0 Å². The van der Waals surface area contributed by atoms with Crippen molar-refractivity contribution in [2.75, 3.05) is 7.11 Å². The Kier molecular flexibility index (Phi) is 2.27. The van der Waals surface area contributed by atoms with Crippen molar-refractivity contribution in [1.82, 2.24) is 0 Å². The third kappa shape index (κ3) is 1.51. The molecule has 0 radical (unpaired) electrons. The molecule has 0 bridgehead atoms. The minimum absolute atomic E-state index is 0.870. The first-order chi connectivity index (χ1) is 6.81. The third-order valence-corrected chi connectivity index (χ3v) is 2.26. The summed E-state index contributed by atoms with van der Waals surface area (Å²) in [6.45, 7) is 2.03. The molecule has 0 amide bonds. The lowest BCUT2D eigenvalue weighted by molar-refractivity contribution is 0.415. The average molecular weight is 188 g/mol. The van der Waals surface area contributed by atoms with Gasteiger partial charge in [-0.15, -0.1) is 0 Å². The van der Waals surface area contributed by atoms with E-state index in [4.69, 9.17) is 9.15 Å². The molecule has 2 aromatic rings. The Hall–Kier alpha value is -1.70. The van der Waals surface area contributed by atoms with Crippen molar-refractivity contribution in [3.05, 3.63) is 42.4 Å². The van der Waals surface area contributed by atoms with Crippen molar-refractivity contribution in [2.45, 2.75) is 6.92 Å². The van der Waals surface area contributed by atoms with Crippen LogP contribution in [0.5, 0.6) is 5.75 Å². The zero-order valence-electron chi connectivity index (χ0n) is 8.28. The average Bonchev–Trinajstić information content (AvgIpc) is 2.65. The molecule has 0 aliphatic heterocycles. The van der Waals surface area contributed by atoms with Crippen LogP contribution in [0.15, 0.2) is 41.2 Å². The van der Waals surface area contributed by atoms with E-state index in [9.17, 15) is 0 Å². The zero-order chi connectivity index (χ0) is 9.97. The summed E-state index contributed by atoms with van der Waals surface area (Å²) in [4.78, 5) is 0. The van der Waals surface area contributed by atoms with Crippen LogP contribution in [-0.4, -0.2) is 7.11 Å². The molecule has 0 saturated heterocycles. The standard InChI is InChI=1S/C12H12O2/c1-9-7-14-8-12(9)10-3-5-11(13-2)6-4-10/h3-8H,1-2H3. The van der Waals surface area contributed by atoms with Gasteiger partial charge < -0.3 is 9.15 Å². The van der Waals surface area contributed by atoms with E-state index in [1.165, 1.54) is 0 Å². The van der Waals surface area contributed by atoms with E-state index in [0.717, 1.165) is 22.4 Å². The molecule has 1 heterocycles. The minimum Gasteiger partial charge on any atom is -0.497 e. The molecular weight excluding hydrogens is 176 g/mol. The predicted molar refractivity (Wildman–Crippen MR) is 55.4 cm³/mol. The van der Waals surface area contributed by atoms with Gasteiger partial charge in [0.2, 0.25) is 0 Å². The molecule has 1 aromatic heterocycles. The van der Waals surface area contributed by atoms with Gasteiger partial charge in [0, 0.05) is 5.56 Å². The highest BCUT2D eigenvalue weighted by molar-refractivity contribution is 5.66. The third-order valence-electron chi connectivity index (χ3n) is 2.26. The zero-order valence-corrected chi connectivity index (χ0v) is 8.28. The van der Waals surface area contributed by atoms with Crippen LogP contribution < -0.4 is 4.74 Å². The summed E-state index contributed by atoms with van der Waals surface area (Å²) in [6, 6.07) is 7.94. The van der Waals surface area contributed by atoms with Crippen LogP contribution in [0.1, 0.15) is 5.56 Å². The number of hydrogen-bond donors (Lipinski definition) is 0. The summed E-state index contributed by atoms with van der Waals surface area (Å²) in [7, 11) is 1.66. The predicted octanol–water partition coefficient (Wildman–Crippen LogP) is 3.26. The lowest BCUT2D eigenvalue weighted by atomic mass is 10.1. The normalized spacial score (nSPS) is 10.1. The molecule has 0 fully saturated rings. The molecule has 2 nitrogen and oxygen atoms in total. The van der Waals surface area contributed by atoms with Crippen LogP contribution in [0.4, 0.5) is 0 Å². The second-order valence-corrected chi connectivity index (χ2v) is 3.20. The Morgan fingerprint density at radius 3 is 2.29 bits per heavy atom. The fourth-order valence-electron chi connectivity index (χ4n) is 1.43. The van der Waals surface area contributed by atoms with Crippen LogP contribution in [0.25, 0.3) is 11.1 Å². The van der Waals surface area contributed by atoms with E-state index >= 15 is 0 Å². The molecule has 0 unspecified atom stereocenters. The van der Waals surface area contributed by atoms with E-state index in [1.54, 1.807) is 19.6 Å². The Labute approximate surface area is 83.1 Å². The van der Waals surface area contributed by atoms with Crippen molar-refractivity contribution in [1.29, 1.82) is 0 Å². The molecule has 14 heavy (non-hydrogen) atoms. The van der Waals surface area contributed by atoms with E-state index in [-0.39, 0.29) is 0 Å². The van der Waals surface area contributed by atoms with Crippen LogP contribution >= 0.6 is 0 Å². The molecule has 2 heteroatoms.